The Bertz CT molecular complexity index is 1230. The molecule has 1 amide bonds. The average Bonchev–Trinajstić information content (AvgIpc) is 2.79. The summed E-state index contributed by atoms with van der Waals surface area (Å²) in [7, 11) is 0. The molecule has 1 aliphatic heterocycles. The molecule has 33 heavy (non-hydrogen) atoms. The van der Waals surface area contributed by atoms with E-state index in [1.807, 2.05) is 17.0 Å². The number of aryl methyl sites for hydroxylation is 1. The third-order valence-electron chi connectivity index (χ3n) is 6.00. The Labute approximate surface area is 196 Å². The van der Waals surface area contributed by atoms with Crippen LogP contribution >= 0.6 is 11.6 Å². The summed E-state index contributed by atoms with van der Waals surface area (Å²) in [6.07, 6.45) is 4.49. The molecule has 1 atom stereocenters. The second kappa shape index (κ2) is 9.62. The van der Waals surface area contributed by atoms with Gasteiger partial charge in [-0.25, -0.2) is 9.97 Å². The number of carbonyl (C=O) groups excluding carboxylic acids is 1. The van der Waals surface area contributed by atoms with Crippen LogP contribution in [0.3, 0.4) is 0 Å². The number of carbonyl (C=O) groups is 1. The van der Waals surface area contributed by atoms with Crippen molar-refractivity contribution < 1.29 is 9.90 Å². The van der Waals surface area contributed by atoms with Gasteiger partial charge in [0.2, 0.25) is 11.9 Å². The summed E-state index contributed by atoms with van der Waals surface area (Å²) < 4.78 is 1.50. The molecular formula is C24H26ClN5O3. The summed E-state index contributed by atoms with van der Waals surface area (Å²) in [5, 5.41) is 10.2. The molecule has 3 N–H and O–H groups in total. The SMILES string of the molecule is Cc1cc(O)cc(=O)n1CCC(=O)N1CCCCC1c1nc(N)ncc1-c1ccc(Cl)cc1. The zero-order valence-corrected chi connectivity index (χ0v) is 19.1. The average molecular weight is 468 g/mol. The number of aromatic nitrogens is 3. The number of nitrogen functional groups attached to an aromatic ring is 1. The van der Waals surface area contributed by atoms with Crippen LogP contribution in [0.15, 0.2) is 47.4 Å². The van der Waals surface area contributed by atoms with Crippen LogP contribution < -0.4 is 11.3 Å². The second-order valence-corrected chi connectivity index (χ2v) is 8.66. The van der Waals surface area contributed by atoms with Crippen LogP contribution in [-0.4, -0.2) is 37.0 Å². The number of piperidine rings is 1. The van der Waals surface area contributed by atoms with Crippen LogP contribution in [-0.2, 0) is 11.3 Å². The summed E-state index contributed by atoms with van der Waals surface area (Å²) in [6.45, 7) is 2.58. The van der Waals surface area contributed by atoms with E-state index in [0.29, 0.717) is 17.3 Å². The van der Waals surface area contributed by atoms with Gasteiger partial charge < -0.3 is 20.3 Å². The van der Waals surface area contributed by atoms with E-state index in [0.717, 1.165) is 42.1 Å². The molecule has 1 aromatic carbocycles. The van der Waals surface area contributed by atoms with Gasteiger partial charge in [0.05, 0.1) is 11.7 Å². The lowest BCUT2D eigenvalue weighted by atomic mass is 9.93. The highest BCUT2D eigenvalue weighted by Crippen LogP contribution is 2.36. The lowest BCUT2D eigenvalue weighted by Crippen LogP contribution is -2.40. The zero-order valence-electron chi connectivity index (χ0n) is 18.4. The fourth-order valence-electron chi connectivity index (χ4n) is 4.38. The number of anilines is 1. The van der Waals surface area contributed by atoms with Crippen LogP contribution in [0.2, 0.25) is 5.02 Å². The lowest BCUT2D eigenvalue weighted by Gasteiger charge is -2.36. The number of rotatable bonds is 5. The van der Waals surface area contributed by atoms with Crippen LogP contribution in [0, 0.1) is 6.92 Å². The largest absolute Gasteiger partial charge is 0.508 e. The monoisotopic (exact) mass is 467 g/mol. The molecule has 1 unspecified atom stereocenters. The maximum absolute atomic E-state index is 13.3. The van der Waals surface area contributed by atoms with Crippen molar-refractivity contribution in [2.45, 2.75) is 45.2 Å². The summed E-state index contributed by atoms with van der Waals surface area (Å²) in [6, 6.07) is 9.84. The number of pyridine rings is 1. The first-order chi connectivity index (χ1) is 15.8. The molecule has 0 bridgehead atoms. The van der Waals surface area contributed by atoms with Crippen molar-refractivity contribution in [1.82, 2.24) is 19.4 Å². The van der Waals surface area contributed by atoms with Crippen LogP contribution in [0.5, 0.6) is 5.75 Å². The molecule has 0 radical (unpaired) electrons. The Balaban J connectivity index is 1.62. The minimum atomic E-state index is -0.330. The van der Waals surface area contributed by atoms with E-state index in [1.54, 1.807) is 25.3 Å². The molecule has 4 rings (SSSR count). The van der Waals surface area contributed by atoms with Gasteiger partial charge in [-0.2, -0.15) is 0 Å². The van der Waals surface area contributed by atoms with E-state index in [2.05, 4.69) is 9.97 Å². The maximum atomic E-state index is 13.3. The molecule has 3 heterocycles. The molecular weight excluding hydrogens is 442 g/mol. The number of halogens is 1. The Morgan fingerprint density at radius 1 is 1.24 bits per heavy atom. The smallest absolute Gasteiger partial charge is 0.254 e. The van der Waals surface area contributed by atoms with Crippen molar-refractivity contribution in [1.29, 1.82) is 0 Å². The van der Waals surface area contributed by atoms with Gasteiger partial charge in [-0.1, -0.05) is 23.7 Å². The van der Waals surface area contributed by atoms with Crippen molar-refractivity contribution in [3.8, 4) is 16.9 Å². The van der Waals surface area contributed by atoms with Gasteiger partial charge in [0.15, 0.2) is 0 Å². The summed E-state index contributed by atoms with van der Waals surface area (Å²) >= 11 is 6.05. The van der Waals surface area contributed by atoms with Gasteiger partial charge in [0, 0.05) is 48.1 Å². The van der Waals surface area contributed by atoms with E-state index in [-0.39, 0.29) is 42.2 Å². The standard InChI is InChI=1S/C24H26ClN5O3/c1-15-12-18(31)13-22(33)29(15)11-9-21(32)30-10-3-2-4-20(30)23-19(14-27-24(26)28-23)16-5-7-17(25)8-6-16/h5-8,12-14,20,31H,2-4,9-11H2,1H3,(H2,26,27,28). The van der Waals surface area contributed by atoms with Crippen molar-refractivity contribution in [2.24, 2.45) is 0 Å². The minimum absolute atomic E-state index is 0.0571. The van der Waals surface area contributed by atoms with Gasteiger partial charge in [-0.15, -0.1) is 0 Å². The number of benzene rings is 1. The van der Waals surface area contributed by atoms with E-state index < -0.39 is 0 Å². The second-order valence-electron chi connectivity index (χ2n) is 8.23. The predicted octanol–water partition coefficient (Wildman–Crippen LogP) is 3.70. The molecule has 2 aromatic heterocycles. The van der Waals surface area contributed by atoms with Crippen LogP contribution in [0.4, 0.5) is 5.95 Å². The van der Waals surface area contributed by atoms with Gasteiger partial charge >= 0.3 is 0 Å². The number of nitrogens with zero attached hydrogens (tertiary/aromatic N) is 4. The molecule has 1 aliphatic rings. The number of amides is 1. The van der Waals surface area contributed by atoms with Gasteiger partial charge in [-0.05, 0) is 49.9 Å². The molecule has 9 heteroatoms. The molecule has 1 fully saturated rings. The van der Waals surface area contributed by atoms with Crippen LogP contribution in [0.25, 0.3) is 11.1 Å². The molecule has 172 valence electrons. The third-order valence-corrected chi connectivity index (χ3v) is 6.25. The van der Waals surface area contributed by atoms with Gasteiger partial charge in [0.1, 0.15) is 5.75 Å². The quantitative estimate of drug-likeness (QED) is 0.591. The summed E-state index contributed by atoms with van der Waals surface area (Å²) in [5.41, 5.74) is 8.65. The molecule has 0 aliphatic carbocycles. The van der Waals surface area contributed by atoms with Crippen molar-refractivity contribution in [3.05, 3.63) is 69.4 Å². The Morgan fingerprint density at radius 2 is 2.00 bits per heavy atom. The number of hydrogen-bond donors (Lipinski definition) is 2. The predicted molar refractivity (Wildman–Crippen MR) is 127 cm³/mol. The molecule has 1 saturated heterocycles. The number of aromatic hydroxyl groups is 1. The molecule has 3 aromatic rings. The summed E-state index contributed by atoms with van der Waals surface area (Å²) in [4.78, 5) is 36.1. The highest BCUT2D eigenvalue weighted by Gasteiger charge is 2.31. The minimum Gasteiger partial charge on any atom is -0.508 e. The fourth-order valence-corrected chi connectivity index (χ4v) is 4.50. The Hall–Kier alpha value is -3.39. The van der Waals surface area contributed by atoms with Crippen molar-refractivity contribution in [3.63, 3.8) is 0 Å². The van der Waals surface area contributed by atoms with Crippen molar-refractivity contribution in [2.75, 3.05) is 12.3 Å². The fraction of sp³-hybridized carbons (Fsp3) is 0.333. The van der Waals surface area contributed by atoms with Crippen molar-refractivity contribution >= 4 is 23.5 Å². The maximum Gasteiger partial charge on any atom is 0.254 e. The summed E-state index contributed by atoms with van der Waals surface area (Å²) in [5.74, 6) is 0.0255. The van der Waals surface area contributed by atoms with E-state index >= 15 is 0 Å². The first-order valence-electron chi connectivity index (χ1n) is 10.9. The first-order valence-corrected chi connectivity index (χ1v) is 11.3. The van der Waals surface area contributed by atoms with Crippen LogP contribution in [0.1, 0.15) is 43.1 Å². The lowest BCUT2D eigenvalue weighted by molar-refractivity contribution is -0.135. The normalized spacial score (nSPS) is 16.1. The van der Waals surface area contributed by atoms with E-state index in [1.165, 1.54) is 10.6 Å². The topological polar surface area (TPSA) is 114 Å². The molecule has 8 nitrogen and oxygen atoms in total. The first kappa shape index (κ1) is 22.8. The number of likely N-dealkylation sites (tertiary alicyclic amines) is 1. The number of nitrogens with two attached hydrogens (primary N) is 1. The Kier molecular flexibility index (Phi) is 6.65. The van der Waals surface area contributed by atoms with Gasteiger partial charge in [-0.3, -0.25) is 9.59 Å². The molecule has 0 saturated carbocycles. The Morgan fingerprint density at radius 3 is 2.73 bits per heavy atom. The van der Waals surface area contributed by atoms with E-state index in [4.69, 9.17) is 17.3 Å². The zero-order chi connectivity index (χ0) is 23.5. The third kappa shape index (κ3) is 5.01. The van der Waals surface area contributed by atoms with E-state index in [9.17, 15) is 14.7 Å². The highest BCUT2D eigenvalue weighted by molar-refractivity contribution is 6.30. The molecule has 0 spiro atoms. The highest BCUT2D eigenvalue weighted by atomic mass is 35.5. The van der Waals surface area contributed by atoms with Gasteiger partial charge in [0.25, 0.3) is 5.56 Å². The number of hydrogen-bond acceptors (Lipinski definition) is 6.